The van der Waals surface area contributed by atoms with Crippen molar-refractivity contribution >= 4 is 17.6 Å². The van der Waals surface area contributed by atoms with Crippen LogP contribution in [0.1, 0.15) is 26.3 Å². The number of anilines is 1. The van der Waals surface area contributed by atoms with Gasteiger partial charge in [-0.05, 0) is 24.3 Å². The Morgan fingerprint density at radius 2 is 1.50 bits per heavy atom. The fourth-order valence-corrected chi connectivity index (χ4v) is 3.43. The molecule has 0 spiro atoms. The predicted octanol–water partition coefficient (Wildman–Crippen LogP) is 2.48. The molecule has 1 aromatic heterocycles. The van der Waals surface area contributed by atoms with E-state index in [0.717, 1.165) is 12.3 Å². The van der Waals surface area contributed by atoms with Crippen LogP contribution >= 0.6 is 0 Å². The minimum absolute atomic E-state index is 0.195. The molecule has 0 unspecified atom stereocenters. The van der Waals surface area contributed by atoms with Crippen molar-refractivity contribution in [1.29, 1.82) is 0 Å². The van der Waals surface area contributed by atoms with Crippen LogP contribution < -0.4 is 4.90 Å². The van der Waals surface area contributed by atoms with E-state index in [1.807, 2.05) is 9.80 Å². The number of hydrogen-bond acceptors (Lipinski definition) is 5. The van der Waals surface area contributed by atoms with Gasteiger partial charge in [0.2, 0.25) is 0 Å². The molecule has 0 N–H and O–H groups in total. The Bertz CT molecular complexity index is 871. The van der Waals surface area contributed by atoms with Crippen molar-refractivity contribution < 1.29 is 22.8 Å². The molecule has 3 heterocycles. The first-order valence-electron chi connectivity index (χ1n) is 8.80. The summed E-state index contributed by atoms with van der Waals surface area (Å²) >= 11 is 0. The number of carbonyl (C=O) groups excluding carboxylic acids is 2. The van der Waals surface area contributed by atoms with Crippen molar-refractivity contribution in [1.82, 2.24) is 14.8 Å². The topological polar surface area (TPSA) is 56.8 Å². The van der Waals surface area contributed by atoms with Crippen LogP contribution in [0.3, 0.4) is 0 Å². The highest BCUT2D eigenvalue weighted by Crippen LogP contribution is 2.29. The van der Waals surface area contributed by atoms with Crippen molar-refractivity contribution in [3.8, 4) is 0 Å². The van der Waals surface area contributed by atoms with E-state index in [-0.39, 0.29) is 18.5 Å². The summed E-state index contributed by atoms with van der Waals surface area (Å²) < 4.78 is 37.9. The first-order valence-corrected chi connectivity index (χ1v) is 8.80. The third-order valence-electron chi connectivity index (χ3n) is 4.99. The third kappa shape index (κ3) is 3.33. The van der Waals surface area contributed by atoms with E-state index >= 15 is 0 Å². The summed E-state index contributed by atoms with van der Waals surface area (Å²) in [6.45, 7) is 2.41. The summed E-state index contributed by atoms with van der Waals surface area (Å²) in [4.78, 5) is 33.9. The lowest BCUT2D eigenvalue weighted by atomic mass is 10.1. The van der Waals surface area contributed by atoms with Crippen LogP contribution in [0.15, 0.2) is 42.6 Å². The van der Waals surface area contributed by atoms with Crippen molar-refractivity contribution in [2.75, 3.05) is 37.7 Å². The Kier molecular flexibility index (Phi) is 4.54. The number of halogens is 3. The molecule has 0 atom stereocenters. The molecule has 2 aliphatic rings. The molecular formula is C19H17F3N4O2. The summed E-state index contributed by atoms with van der Waals surface area (Å²) in [7, 11) is 0. The Labute approximate surface area is 159 Å². The molecule has 9 heteroatoms. The maximum Gasteiger partial charge on any atom is 0.417 e. The number of pyridine rings is 1. The van der Waals surface area contributed by atoms with Gasteiger partial charge in [-0.25, -0.2) is 4.98 Å². The molecule has 2 amide bonds. The van der Waals surface area contributed by atoms with Crippen molar-refractivity contribution in [2.45, 2.75) is 6.18 Å². The maximum absolute atomic E-state index is 12.6. The maximum atomic E-state index is 12.6. The molecule has 0 bridgehead atoms. The van der Waals surface area contributed by atoms with Gasteiger partial charge in [-0.1, -0.05) is 12.1 Å². The minimum atomic E-state index is -4.41. The second-order valence-electron chi connectivity index (χ2n) is 6.73. The molecule has 1 aromatic carbocycles. The fraction of sp³-hybridized carbons (Fsp3) is 0.316. The number of rotatable bonds is 3. The van der Waals surface area contributed by atoms with Crippen LogP contribution in [0.4, 0.5) is 19.0 Å². The molecular weight excluding hydrogens is 373 g/mol. The fourth-order valence-electron chi connectivity index (χ4n) is 3.43. The van der Waals surface area contributed by atoms with Gasteiger partial charge in [0.15, 0.2) is 0 Å². The first-order chi connectivity index (χ1) is 13.3. The lowest BCUT2D eigenvalue weighted by Crippen LogP contribution is -2.51. The van der Waals surface area contributed by atoms with Crippen molar-refractivity contribution in [3.05, 3.63) is 59.3 Å². The molecule has 1 fully saturated rings. The zero-order valence-electron chi connectivity index (χ0n) is 14.8. The number of fused-ring (bicyclic) bond motifs is 1. The van der Waals surface area contributed by atoms with Crippen LogP contribution in [0.2, 0.25) is 0 Å². The van der Waals surface area contributed by atoms with Gasteiger partial charge in [-0.15, -0.1) is 0 Å². The van der Waals surface area contributed by atoms with E-state index in [4.69, 9.17) is 0 Å². The van der Waals surface area contributed by atoms with Gasteiger partial charge in [0.1, 0.15) is 5.82 Å². The summed E-state index contributed by atoms with van der Waals surface area (Å²) in [6.07, 6.45) is -3.57. The van der Waals surface area contributed by atoms with Crippen molar-refractivity contribution in [3.63, 3.8) is 0 Å². The van der Waals surface area contributed by atoms with Gasteiger partial charge in [0.05, 0.1) is 23.4 Å². The molecule has 0 radical (unpaired) electrons. The summed E-state index contributed by atoms with van der Waals surface area (Å²) in [5.41, 5.74) is 0.0562. The largest absolute Gasteiger partial charge is 0.417 e. The molecule has 2 aliphatic heterocycles. The quantitative estimate of drug-likeness (QED) is 0.754. The number of imide groups is 1. The van der Waals surface area contributed by atoms with E-state index in [9.17, 15) is 22.8 Å². The highest BCUT2D eigenvalue weighted by atomic mass is 19.4. The highest BCUT2D eigenvalue weighted by Gasteiger charge is 2.36. The number of alkyl halides is 3. The normalized spacial score (nSPS) is 18.0. The number of benzene rings is 1. The van der Waals surface area contributed by atoms with Gasteiger partial charge < -0.3 is 4.90 Å². The number of aromatic nitrogens is 1. The molecule has 28 heavy (non-hydrogen) atoms. The molecule has 0 aliphatic carbocycles. The number of hydrogen-bond donors (Lipinski definition) is 0. The molecule has 2 aromatic rings. The van der Waals surface area contributed by atoms with E-state index in [1.54, 1.807) is 24.3 Å². The van der Waals surface area contributed by atoms with Gasteiger partial charge in [-0.2, -0.15) is 13.2 Å². The van der Waals surface area contributed by atoms with Crippen LogP contribution in [0.25, 0.3) is 0 Å². The summed E-state index contributed by atoms with van der Waals surface area (Å²) in [6, 6.07) is 9.12. The Hall–Kier alpha value is -2.94. The van der Waals surface area contributed by atoms with E-state index in [2.05, 4.69) is 4.98 Å². The van der Waals surface area contributed by atoms with Crippen LogP contribution in [-0.2, 0) is 6.18 Å². The first kappa shape index (κ1) is 18.4. The SMILES string of the molecule is O=C1c2ccccc2C(=O)N1CN1CCN(c2ccc(C(F)(F)F)cn2)CC1. The van der Waals surface area contributed by atoms with Crippen LogP contribution in [0.5, 0.6) is 0 Å². The standard InChI is InChI=1S/C19H17F3N4O2/c20-19(21,22)13-5-6-16(23-11-13)25-9-7-24(8-10-25)12-26-17(27)14-3-1-2-4-15(14)18(26)28/h1-6,11H,7-10,12H2. The lowest BCUT2D eigenvalue weighted by molar-refractivity contribution is -0.137. The molecule has 4 rings (SSSR count). The average Bonchev–Trinajstić information content (AvgIpc) is 2.93. The van der Waals surface area contributed by atoms with E-state index in [0.29, 0.717) is 43.1 Å². The Morgan fingerprint density at radius 3 is 2.00 bits per heavy atom. The monoisotopic (exact) mass is 390 g/mol. The summed E-state index contributed by atoms with van der Waals surface area (Å²) in [5, 5.41) is 0. The van der Waals surface area contributed by atoms with Gasteiger partial charge in [-0.3, -0.25) is 19.4 Å². The second kappa shape index (κ2) is 6.90. The Balaban J connectivity index is 1.36. The van der Waals surface area contributed by atoms with Gasteiger partial charge in [0.25, 0.3) is 11.8 Å². The van der Waals surface area contributed by atoms with Crippen molar-refractivity contribution in [2.24, 2.45) is 0 Å². The van der Waals surface area contributed by atoms with Gasteiger partial charge in [0, 0.05) is 32.4 Å². The van der Waals surface area contributed by atoms with Crippen LogP contribution in [0, 0.1) is 0 Å². The van der Waals surface area contributed by atoms with Crippen LogP contribution in [-0.4, -0.2) is 59.4 Å². The molecule has 6 nitrogen and oxygen atoms in total. The predicted molar refractivity (Wildman–Crippen MR) is 94.8 cm³/mol. The Morgan fingerprint density at radius 1 is 0.893 bits per heavy atom. The van der Waals surface area contributed by atoms with E-state index < -0.39 is 11.7 Å². The molecule has 1 saturated heterocycles. The minimum Gasteiger partial charge on any atom is -0.354 e. The molecule has 146 valence electrons. The van der Waals surface area contributed by atoms with Gasteiger partial charge >= 0.3 is 6.18 Å². The zero-order chi connectivity index (χ0) is 19.9. The smallest absolute Gasteiger partial charge is 0.354 e. The number of nitrogens with zero attached hydrogens (tertiary/aromatic N) is 4. The van der Waals surface area contributed by atoms with E-state index in [1.165, 1.54) is 11.0 Å². The molecule has 0 saturated carbocycles. The number of amides is 2. The zero-order valence-corrected chi connectivity index (χ0v) is 14.8. The highest BCUT2D eigenvalue weighted by molar-refractivity contribution is 6.21. The third-order valence-corrected chi connectivity index (χ3v) is 4.99. The number of carbonyl (C=O) groups is 2. The second-order valence-corrected chi connectivity index (χ2v) is 6.73. The summed E-state index contributed by atoms with van der Waals surface area (Å²) in [5.74, 6) is -0.117. The number of piperazine rings is 1. The lowest BCUT2D eigenvalue weighted by Gasteiger charge is -2.36. The average molecular weight is 390 g/mol.